The molecular formula is C6H3F3N2. The van der Waals surface area contributed by atoms with Gasteiger partial charge in [-0.3, -0.25) is 0 Å². The van der Waals surface area contributed by atoms with E-state index < -0.39 is 17.3 Å². The molecule has 0 unspecified atom stereocenters. The number of rotatable bonds is 0. The summed E-state index contributed by atoms with van der Waals surface area (Å²) in [6.07, 6.45) is -4.58. The van der Waals surface area contributed by atoms with Gasteiger partial charge in [0.1, 0.15) is 17.7 Å². The smallest absolute Gasteiger partial charge is 0.192 e. The average molecular weight is 160 g/mol. The van der Waals surface area contributed by atoms with Crippen LogP contribution in [0.5, 0.6) is 0 Å². The SMILES string of the molecule is CC(=C(C#N)C#N)C(F)(F)F. The molecule has 0 aromatic heterocycles. The Morgan fingerprint density at radius 3 is 1.64 bits per heavy atom. The van der Waals surface area contributed by atoms with Crippen LogP contribution in [0.25, 0.3) is 0 Å². The lowest BCUT2D eigenvalue weighted by atomic mass is 10.1. The first-order chi connectivity index (χ1) is 4.93. The fourth-order valence-electron chi connectivity index (χ4n) is 0.334. The Labute approximate surface area is 61.2 Å². The van der Waals surface area contributed by atoms with Crippen molar-refractivity contribution in [2.75, 3.05) is 0 Å². The Bertz CT molecular complexity index is 245. The van der Waals surface area contributed by atoms with E-state index in [4.69, 9.17) is 10.5 Å². The van der Waals surface area contributed by atoms with Gasteiger partial charge in [0.05, 0.1) is 5.57 Å². The van der Waals surface area contributed by atoms with E-state index in [0.29, 0.717) is 6.92 Å². The zero-order valence-corrected chi connectivity index (χ0v) is 5.53. The summed E-state index contributed by atoms with van der Waals surface area (Å²) in [5.41, 5.74) is -2.04. The highest BCUT2D eigenvalue weighted by atomic mass is 19.4. The molecule has 0 fully saturated rings. The molecule has 2 nitrogen and oxygen atoms in total. The highest BCUT2D eigenvalue weighted by Crippen LogP contribution is 2.26. The van der Waals surface area contributed by atoms with Crippen molar-refractivity contribution in [3.63, 3.8) is 0 Å². The molecule has 0 heterocycles. The number of halogens is 3. The first kappa shape index (κ1) is 9.51. The largest absolute Gasteiger partial charge is 0.414 e. The molecule has 0 aliphatic carbocycles. The zero-order valence-electron chi connectivity index (χ0n) is 5.53. The highest BCUT2D eigenvalue weighted by molar-refractivity contribution is 5.40. The molecule has 0 bridgehead atoms. The zero-order chi connectivity index (χ0) is 9.07. The van der Waals surface area contributed by atoms with Crippen LogP contribution in [0, 0.1) is 22.7 Å². The lowest BCUT2D eigenvalue weighted by molar-refractivity contribution is -0.0916. The Kier molecular flexibility index (Phi) is 2.65. The number of alkyl halides is 3. The normalized spacial score (nSPS) is 9.64. The number of hydrogen-bond donors (Lipinski definition) is 0. The predicted octanol–water partition coefficient (Wildman–Crippen LogP) is 1.91. The van der Waals surface area contributed by atoms with Crippen molar-refractivity contribution in [2.24, 2.45) is 0 Å². The fraction of sp³-hybridized carbons (Fsp3) is 0.333. The van der Waals surface area contributed by atoms with E-state index >= 15 is 0 Å². The molecule has 0 atom stereocenters. The molecule has 5 heteroatoms. The second-order valence-corrected chi connectivity index (χ2v) is 1.72. The van der Waals surface area contributed by atoms with Crippen LogP contribution in [-0.4, -0.2) is 6.18 Å². The van der Waals surface area contributed by atoms with E-state index in [1.807, 2.05) is 0 Å². The second kappa shape index (κ2) is 3.07. The standard InChI is InChI=1S/C6H3F3N2/c1-4(6(7,8)9)5(2-10)3-11/h1H3. The van der Waals surface area contributed by atoms with Gasteiger partial charge in [-0.2, -0.15) is 23.7 Å². The van der Waals surface area contributed by atoms with Crippen molar-refractivity contribution < 1.29 is 13.2 Å². The first-order valence-corrected chi connectivity index (χ1v) is 2.51. The maximum absolute atomic E-state index is 11.7. The van der Waals surface area contributed by atoms with E-state index in [-0.39, 0.29) is 0 Å². The number of allylic oxidation sites excluding steroid dienone is 2. The van der Waals surface area contributed by atoms with E-state index in [1.54, 1.807) is 0 Å². The van der Waals surface area contributed by atoms with Crippen molar-refractivity contribution in [3.05, 3.63) is 11.1 Å². The molecule has 0 saturated heterocycles. The number of nitrogens with zero attached hydrogens (tertiary/aromatic N) is 2. The van der Waals surface area contributed by atoms with Crippen LogP contribution >= 0.6 is 0 Å². The van der Waals surface area contributed by atoms with Crippen molar-refractivity contribution in [2.45, 2.75) is 13.1 Å². The summed E-state index contributed by atoms with van der Waals surface area (Å²) in [7, 11) is 0. The molecule has 0 aromatic rings. The topological polar surface area (TPSA) is 47.6 Å². The maximum atomic E-state index is 11.7. The number of hydrogen-bond acceptors (Lipinski definition) is 2. The van der Waals surface area contributed by atoms with Gasteiger partial charge in [-0.15, -0.1) is 0 Å². The monoisotopic (exact) mass is 160 g/mol. The third-order valence-electron chi connectivity index (χ3n) is 1.02. The van der Waals surface area contributed by atoms with Crippen LogP contribution in [0.4, 0.5) is 13.2 Å². The number of nitriles is 2. The van der Waals surface area contributed by atoms with Gasteiger partial charge in [0.2, 0.25) is 0 Å². The van der Waals surface area contributed by atoms with Crippen molar-refractivity contribution >= 4 is 0 Å². The van der Waals surface area contributed by atoms with Gasteiger partial charge in [-0.25, -0.2) is 0 Å². The molecule has 0 aromatic carbocycles. The maximum Gasteiger partial charge on any atom is 0.414 e. The lowest BCUT2D eigenvalue weighted by Crippen LogP contribution is -2.10. The van der Waals surface area contributed by atoms with E-state index in [2.05, 4.69) is 0 Å². The van der Waals surface area contributed by atoms with Crippen LogP contribution in [0.3, 0.4) is 0 Å². The summed E-state index contributed by atoms with van der Waals surface area (Å²) in [4.78, 5) is 0. The minimum Gasteiger partial charge on any atom is -0.192 e. The third kappa shape index (κ3) is 2.30. The Morgan fingerprint density at radius 1 is 1.18 bits per heavy atom. The van der Waals surface area contributed by atoms with Crippen LogP contribution in [-0.2, 0) is 0 Å². The molecule has 0 saturated carbocycles. The van der Waals surface area contributed by atoms with Gasteiger partial charge in [-0.1, -0.05) is 0 Å². The van der Waals surface area contributed by atoms with Crippen LogP contribution < -0.4 is 0 Å². The van der Waals surface area contributed by atoms with E-state index in [1.165, 1.54) is 0 Å². The van der Waals surface area contributed by atoms with Gasteiger partial charge in [0, 0.05) is 0 Å². The van der Waals surface area contributed by atoms with Gasteiger partial charge >= 0.3 is 6.18 Å². The first-order valence-electron chi connectivity index (χ1n) is 2.51. The summed E-state index contributed by atoms with van der Waals surface area (Å²) in [5, 5.41) is 16.1. The van der Waals surface area contributed by atoms with Gasteiger partial charge in [-0.05, 0) is 6.92 Å². The van der Waals surface area contributed by atoms with Crippen molar-refractivity contribution in [1.29, 1.82) is 10.5 Å². The molecule has 0 rings (SSSR count). The minimum absolute atomic E-state index is 0.696. The Morgan fingerprint density at radius 2 is 1.55 bits per heavy atom. The lowest BCUT2D eigenvalue weighted by Gasteiger charge is -2.04. The predicted molar refractivity (Wildman–Crippen MR) is 30.0 cm³/mol. The van der Waals surface area contributed by atoms with E-state index in [0.717, 1.165) is 12.1 Å². The molecular weight excluding hydrogens is 157 g/mol. The molecule has 11 heavy (non-hydrogen) atoms. The Hall–Kier alpha value is -1.49. The van der Waals surface area contributed by atoms with Crippen LogP contribution in [0.2, 0.25) is 0 Å². The molecule has 0 aliphatic rings. The molecule has 0 radical (unpaired) electrons. The van der Waals surface area contributed by atoms with Gasteiger partial charge in [0.25, 0.3) is 0 Å². The van der Waals surface area contributed by atoms with Crippen LogP contribution in [0.1, 0.15) is 6.92 Å². The Balaban J connectivity index is 5.01. The second-order valence-electron chi connectivity index (χ2n) is 1.72. The summed E-state index contributed by atoms with van der Waals surface area (Å²) >= 11 is 0. The molecule has 0 spiro atoms. The van der Waals surface area contributed by atoms with Gasteiger partial charge in [0.15, 0.2) is 0 Å². The molecule has 0 N–H and O–H groups in total. The summed E-state index contributed by atoms with van der Waals surface area (Å²) < 4.78 is 35.1. The summed E-state index contributed by atoms with van der Waals surface area (Å²) in [5.74, 6) is 0. The fourth-order valence-corrected chi connectivity index (χ4v) is 0.334. The van der Waals surface area contributed by atoms with Gasteiger partial charge < -0.3 is 0 Å². The quantitative estimate of drug-likeness (QED) is 0.508. The molecule has 58 valence electrons. The average Bonchev–Trinajstić information content (AvgIpc) is 1.88. The summed E-state index contributed by atoms with van der Waals surface area (Å²) in [6.45, 7) is 0.696. The molecule has 0 amide bonds. The minimum atomic E-state index is -4.58. The van der Waals surface area contributed by atoms with Crippen molar-refractivity contribution in [1.82, 2.24) is 0 Å². The third-order valence-corrected chi connectivity index (χ3v) is 1.02. The molecule has 0 aliphatic heterocycles. The summed E-state index contributed by atoms with van der Waals surface area (Å²) in [6, 6.07) is 2.31. The van der Waals surface area contributed by atoms with Crippen LogP contribution in [0.15, 0.2) is 11.1 Å². The van der Waals surface area contributed by atoms with Crippen molar-refractivity contribution in [3.8, 4) is 12.1 Å². The van der Waals surface area contributed by atoms with E-state index in [9.17, 15) is 13.2 Å². The highest BCUT2D eigenvalue weighted by Gasteiger charge is 2.32.